The molecule has 1 saturated carbocycles. The van der Waals surface area contributed by atoms with Crippen LogP contribution in [0.3, 0.4) is 0 Å². The van der Waals surface area contributed by atoms with Gasteiger partial charge in [-0.3, -0.25) is 9.59 Å². The molecule has 5 nitrogen and oxygen atoms in total. The monoisotopic (exact) mass is 285 g/mol. The largest absolute Gasteiger partial charge is 0.481 e. The lowest BCUT2D eigenvalue weighted by molar-refractivity contribution is -0.142. The maximum Gasteiger partial charge on any atom is 0.308 e. The fourth-order valence-corrected chi connectivity index (χ4v) is 2.62. The number of amides is 1. The highest BCUT2D eigenvalue weighted by molar-refractivity contribution is 5.77. The predicted octanol–water partition coefficient (Wildman–Crippen LogP) is 2.05. The third-order valence-electron chi connectivity index (χ3n) is 3.72. The van der Waals surface area contributed by atoms with Crippen molar-refractivity contribution in [2.45, 2.75) is 52.6 Å². The van der Waals surface area contributed by atoms with Crippen molar-refractivity contribution in [3.05, 3.63) is 0 Å². The van der Waals surface area contributed by atoms with Crippen LogP contribution >= 0.6 is 0 Å². The minimum atomic E-state index is -0.834. The van der Waals surface area contributed by atoms with Gasteiger partial charge in [-0.2, -0.15) is 0 Å². The zero-order valence-electron chi connectivity index (χ0n) is 12.7. The number of carbonyl (C=O) groups is 2. The van der Waals surface area contributed by atoms with Crippen molar-refractivity contribution in [3.63, 3.8) is 0 Å². The van der Waals surface area contributed by atoms with Gasteiger partial charge < -0.3 is 15.2 Å². The number of carboxylic acid groups (broad SMARTS) is 1. The van der Waals surface area contributed by atoms with E-state index in [0.29, 0.717) is 30.8 Å². The predicted molar refractivity (Wildman–Crippen MR) is 76.3 cm³/mol. The van der Waals surface area contributed by atoms with Crippen LogP contribution in [0, 0.1) is 17.8 Å². The van der Waals surface area contributed by atoms with Crippen LogP contribution in [-0.2, 0) is 14.3 Å². The van der Waals surface area contributed by atoms with Gasteiger partial charge in [0.15, 0.2) is 0 Å². The molecule has 5 heteroatoms. The summed E-state index contributed by atoms with van der Waals surface area (Å²) in [6.45, 7) is 6.90. The third kappa shape index (κ3) is 5.90. The Bertz CT molecular complexity index is 324. The van der Waals surface area contributed by atoms with Crippen molar-refractivity contribution >= 4 is 11.9 Å². The lowest BCUT2D eigenvalue weighted by atomic mass is 9.80. The summed E-state index contributed by atoms with van der Waals surface area (Å²) < 4.78 is 5.45. The Morgan fingerprint density at radius 3 is 2.50 bits per heavy atom. The number of carboxylic acids is 1. The first-order valence-corrected chi connectivity index (χ1v) is 7.53. The van der Waals surface area contributed by atoms with Gasteiger partial charge >= 0.3 is 5.97 Å². The van der Waals surface area contributed by atoms with Crippen molar-refractivity contribution in [1.82, 2.24) is 5.32 Å². The van der Waals surface area contributed by atoms with Gasteiger partial charge in [-0.05, 0) is 38.0 Å². The van der Waals surface area contributed by atoms with Crippen LogP contribution in [0.5, 0.6) is 0 Å². The van der Waals surface area contributed by atoms with Crippen LogP contribution in [0.15, 0.2) is 0 Å². The Morgan fingerprint density at radius 1 is 1.35 bits per heavy atom. The van der Waals surface area contributed by atoms with Gasteiger partial charge in [-0.15, -0.1) is 0 Å². The molecule has 1 rings (SSSR count). The van der Waals surface area contributed by atoms with Crippen molar-refractivity contribution in [1.29, 1.82) is 0 Å². The van der Waals surface area contributed by atoms with Gasteiger partial charge in [0.2, 0.25) is 5.91 Å². The number of hydrogen-bond acceptors (Lipinski definition) is 3. The Morgan fingerprint density at radius 2 is 2.00 bits per heavy atom. The molecular weight excluding hydrogens is 258 g/mol. The van der Waals surface area contributed by atoms with E-state index >= 15 is 0 Å². The smallest absolute Gasteiger partial charge is 0.308 e. The molecule has 1 amide bonds. The maximum absolute atomic E-state index is 11.8. The van der Waals surface area contributed by atoms with E-state index in [4.69, 9.17) is 9.84 Å². The zero-order valence-corrected chi connectivity index (χ0v) is 12.7. The lowest BCUT2D eigenvalue weighted by Crippen LogP contribution is -2.38. The van der Waals surface area contributed by atoms with E-state index < -0.39 is 11.9 Å². The first kappa shape index (κ1) is 17.0. The summed E-state index contributed by atoms with van der Waals surface area (Å²) in [6.07, 6.45) is 3.26. The molecule has 0 heterocycles. The van der Waals surface area contributed by atoms with E-state index in [1.54, 1.807) is 0 Å². The number of hydrogen-bond donors (Lipinski definition) is 2. The molecule has 0 spiro atoms. The highest BCUT2D eigenvalue weighted by atomic mass is 16.5. The van der Waals surface area contributed by atoms with Crippen molar-refractivity contribution in [3.8, 4) is 0 Å². The van der Waals surface area contributed by atoms with E-state index in [2.05, 4.69) is 5.32 Å². The lowest BCUT2D eigenvalue weighted by Gasteiger charge is -2.34. The molecule has 20 heavy (non-hydrogen) atoms. The second-order valence-corrected chi connectivity index (χ2v) is 6.09. The third-order valence-corrected chi connectivity index (χ3v) is 3.72. The average molecular weight is 285 g/mol. The highest BCUT2D eigenvalue weighted by Crippen LogP contribution is 2.32. The van der Waals surface area contributed by atoms with Crippen LogP contribution in [0.2, 0.25) is 0 Å². The van der Waals surface area contributed by atoms with Crippen LogP contribution in [0.4, 0.5) is 0 Å². The fourth-order valence-electron chi connectivity index (χ4n) is 2.62. The standard InChI is InChI=1S/C15H27NO4/c1-4-20-13-6-11(7-13)8-14(17)16-9-12(15(18)19)5-10(2)3/h10-13H,4-9H2,1-3H3,(H,16,17)(H,18,19). The minimum Gasteiger partial charge on any atom is -0.481 e. The molecule has 0 aromatic heterocycles. The van der Waals surface area contributed by atoms with Gasteiger partial charge in [-0.1, -0.05) is 13.8 Å². The molecule has 0 saturated heterocycles. The molecule has 0 aliphatic heterocycles. The van der Waals surface area contributed by atoms with Gasteiger partial charge in [0.1, 0.15) is 0 Å². The van der Waals surface area contributed by atoms with E-state index in [1.807, 2.05) is 20.8 Å². The quantitative estimate of drug-likeness (QED) is 0.680. The average Bonchev–Trinajstić information content (AvgIpc) is 2.31. The summed E-state index contributed by atoms with van der Waals surface area (Å²) in [5.74, 6) is -0.665. The maximum atomic E-state index is 11.8. The van der Waals surface area contributed by atoms with Crippen LogP contribution in [-0.4, -0.2) is 36.2 Å². The van der Waals surface area contributed by atoms with Gasteiger partial charge in [-0.25, -0.2) is 0 Å². The van der Waals surface area contributed by atoms with E-state index in [1.165, 1.54) is 0 Å². The van der Waals surface area contributed by atoms with E-state index in [9.17, 15) is 9.59 Å². The van der Waals surface area contributed by atoms with Crippen LogP contribution in [0.25, 0.3) is 0 Å². The summed E-state index contributed by atoms with van der Waals surface area (Å²) >= 11 is 0. The fraction of sp³-hybridized carbons (Fsp3) is 0.867. The van der Waals surface area contributed by atoms with E-state index in [-0.39, 0.29) is 12.5 Å². The van der Waals surface area contributed by atoms with Gasteiger partial charge in [0, 0.05) is 19.6 Å². The molecular formula is C15H27NO4. The molecule has 1 atom stereocenters. The van der Waals surface area contributed by atoms with Crippen molar-refractivity contribution in [2.24, 2.45) is 17.8 Å². The molecule has 1 aliphatic carbocycles. The minimum absolute atomic E-state index is 0.0417. The second kappa shape index (κ2) is 8.25. The van der Waals surface area contributed by atoms with Crippen molar-refractivity contribution in [2.75, 3.05) is 13.2 Å². The molecule has 2 N–H and O–H groups in total. The summed E-state index contributed by atoms with van der Waals surface area (Å²) in [4.78, 5) is 22.9. The molecule has 0 bridgehead atoms. The van der Waals surface area contributed by atoms with Crippen LogP contribution in [0.1, 0.15) is 46.5 Å². The summed E-state index contributed by atoms with van der Waals surface area (Å²) in [5.41, 5.74) is 0. The molecule has 0 aromatic rings. The normalized spacial score (nSPS) is 23.2. The Hall–Kier alpha value is -1.10. The number of carbonyl (C=O) groups excluding carboxylic acids is 1. The zero-order chi connectivity index (χ0) is 15.1. The molecule has 1 unspecified atom stereocenters. The Kier molecular flexibility index (Phi) is 6.99. The van der Waals surface area contributed by atoms with Gasteiger partial charge in [0.05, 0.1) is 12.0 Å². The molecule has 0 aromatic carbocycles. The first-order valence-electron chi connectivity index (χ1n) is 7.53. The number of aliphatic carboxylic acids is 1. The summed E-state index contributed by atoms with van der Waals surface area (Å²) in [6, 6.07) is 0. The summed E-state index contributed by atoms with van der Waals surface area (Å²) in [5, 5.41) is 11.9. The molecule has 1 aliphatic rings. The topological polar surface area (TPSA) is 75.6 Å². The highest BCUT2D eigenvalue weighted by Gasteiger charge is 2.31. The van der Waals surface area contributed by atoms with Gasteiger partial charge in [0.25, 0.3) is 0 Å². The Labute approximate surface area is 121 Å². The van der Waals surface area contributed by atoms with E-state index in [0.717, 1.165) is 19.4 Å². The summed E-state index contributed by atoms with van der Waals surface area (Å²) in [7, 11) is 0. The second-order valence-electron chi connectivity index (χ2n) is 6.09. The van der Waals surface area contributed by atoms with Crippen LogP contribution < -0.4 is 5.32 Å². The number of ether oxygens (including phenoxy) is 1. The molecule has 116 valence electrons. The first-order chi connectivity index (χ1) is 9.42. The van der Waals surface area contributed by atoms with Crippen molar-refractivity contribution < 1.29 is 19.4 Å². The SMILES string of the molecule is CCOC1CC(CC(=O)NCC(CC(C)C)C(=O)O)C1. The molecule has 1 fully saturated rings. The number of rotatable bonds is 9. The Balaban J connectivity index is 2.20. The molecule has 0 radical (unpaired) electrons. The number of nitrogens with one attached hydrogen (secondary N) is 1.